The van der Waals surface area contributed by atoms with Gasteiger partial charge in [-0.2, -0.15) is 0 Å². The third kappa shape index (κ3) is 2.74. The maximum atomic E-state index is 5.68. The normalized spacial score (nSPS) is 12.6. The van der Waals surface area contributed by atoms with Crippen molar-refractivity contribution in [3.05, 3.63) is 29.3 Å². The van der Waals surface area contributed by atoms with Crippen LogP contribution in [0.4, 0.5) is 5.69 Å². The van der Waals surface area contributed by atoms with E-state index in [1.54, 1.807) is 0 Å². The number of anilines is 1. The minimum Gasteiger partial charge on any atom is -0.383 e. The number of aryl methyl sites for hydroxylation is 2. The number of hydrogen-bond donors (Lipinski definition) is 2. The lowest BCUT2D eigenvalue weighted by Crippen LogP contribution is -2.25. The molecule has 72 valence electrons. The zero-order chi connectivity index (χ0) is 9.84. The second-order valence-corrected chi connectivity index (χ2v) is 3.62. The Balaban J connectivity index is 2.75. The molecule has 1 atom stereocenters. The molecule has 2 heteroatoms. The van der Waals surface area contributed by atoms with Gasteiger partial charge in [-0.15, -0.1) is 0 Å². The summed E-state index contributed by atoms with van der Waals surface area (Å²) in [6.45, 7) is 7.04. The Bertz CT molecular complexity index is 259. The molecule has 1 aromatic rings. The molecule has 0 bridgehead atoms. The van der Waals surface area contributed by atoms with Gasteiger partial charge in [-0.1, -0.05) is 18.2 Å². The highest BCUT2D eigenvalue weighted by molar-refractivity contribution is 5.56. The van der Waals surface area contributed by atoms with Crippen LogP contribution in [0.3, 0.4) is 0 Å². The Kier molecular flexibility index (Phi) is 3.32. The molecule has 0 aliphatic carbocycles. The van der Waals surface area contributed by atoms with Gasteiger partial charge in [0, 0.05) is 18.3 Å². The number of nitrogens with two attached hydrogens (primary N) is 1. The van der Waals surface area contributed by atoms with Crippen LogP contribution in [0.2, 0.25) is 0 Å². The molecule has 13 heavy (non-hydrogen) atoms. The molecule has 0 heterocycles. The summed E-state index contributed by atoms with van der Waals surface area (Å²) < 4.78 is 0. The summed E-state index contributed by atoms with van der Waals surface area (Å²) in [5.41, 5.74) is 9.46. The first kappa shape index (κ1) is 10.1. The number of para-hydroxylation sites is 1. The van der Waals surface area contributed by atoms with Crippen LogP contribution in [0.15, 0.2) is 18.2 Å². The molecular formula is C11H18N2. The summed E-state index contributed by atoms with van der Waals surface area (Å²) >= 11 is 0. The molecule has 0 amide bonds. The molecule has 0 radical (unpaired) electrons. The molecular weight excluding hydrogens is 160 g/mol. The fourth-order valence-corrected chi connectivity index (χ4v) is 1.36. The van der Waals surface area contributed by atoms with E-state index in [4.69, 9.17) is 5.73 Å². The van der Waals surface area contributed by atoms with Crippen LogP contribution in [0.1, 0.15) is 18.1 Å². The standard InChI is InChI=1S/C11H18N2/c1-8-5-4-6-9(2)11(8)13-7-10(3)12/h4-6,10,13H,7,12H2,1-3H3. The fraction of sp³-hybridized carbons (Fsp3) is 0.455. The van der Waals surface area contributed by atoms with Gasteiger partial charge in [-0.05, 0) is 31.9 Å². The zero-order valence-electron chi connectivity index (χ0n) is 8.59. The maximum Gasteiger partial charge on any atom is 0.0400 e. The van der Waals surface area contributed by atoms with Crippen LogP contribution >= 0.6 is 0 Å². The van der Waals surface area contributed by atoms with Gasteiger partial charge < -0.3 is 11.1 Å². The van der Waals surface area contributed by atoms with E-state index >= 15 is 0 Å². The summed E-state index contributed by atoms with van der Waals surface area (Å²) in [7, 11) is 0. The minimum absolute atomic E-state index is 0.194. The monoisotopic (exact) mass is 178 g/mol. The zero-order valence-corrected chi connectivity index (χ0v) is 8.59. The predicted octanol–water partition coefficient (Wildman–Crippen LogP) is 2.06. The Morgan fingerprint density at radius 2 is 1.85 bits per heavy atom. The average molecular weight is 178 g/mol. The van der Waals surface area contributed by atoms with Crippen molar-refractivity contribution in [1.29, 1.82) is 0 Å². The highest BCUT2D eigenvalue weighted by atomic mass is 14.9. The van der Waals surface area contributed by atoms with Gasteiger partial charge in [0.05, 0.1) is 0 Å². The SMILES string of the molecule is Cc1cccc(C)c1NCC(C)N. The molecule has 1 unspecified atom stereocenters. The molecule has 0 spiro atoms. The molecule has 1 aromatic carbocycles. The number of benzene rings is 1. The Labute approximate surface area is 80.1 Å². The Morgan fingerprint density at radius 3 is 2.31 bits per heavy atom. The molecule has 0 saturated heterocycles. The van der Waals surface area contributed by atoms with E-state index in [9.17, 15) is 0 Å². The first-order valence-corrected chi connectivity index (χ1v) is 4.67. The van der Waals surface area contributed by atoms with E-state index in [0.717, 1.165) is 6.54 Å². The number of hydrogen-bond acceptors (Lipinski definition) is 2. The van der Waals surface area contributed by atoms with E-state index in [1.807, 2.05) is 6.92 Å². The summed E-state index contributed by atoms with van der Waals surface area (Å²) in [6.07, 6.45) is 0. The highest BCUT2D eigenvalue weighted by Gasteiger charge is 2.01. The summed E-state index contributed by atoms with van der Waals surface area (Å²) in [5.74, 6) is 0. The van der Waals surface area contributed by atoms with Crippen molar-refractivity contribution < 1.29 is 0 Å². The Hall–Kier alpha value is -1.02. The molecule has 1 rings (SSSR count). The van der Waals surface area contributed by atoms with Crippen molar-refractivity contribution in [2.45, 2.75) is 26.8 Å². The fourth-order valence-electron chi connectivity index (χ4n) is 1.36. The third-order valence-corrected chi connectivity index (χ3v) is 2.08. The van der Waals surface area contributed by atoms with E-state index in [2.05, 4.69) is 37.4 Å². The van der Waals surface area contributed by atoms with Crippen molar-refractivity contribution in [3.8, 4) is 0 Å². The minimum atomic E-state index is 0.194. The lowest BCUT2D eigenvalue weighted by Gasteiger charge is -2.13. The molecule has 0 fully saturated rings. The summed E-state index contributed by atoms with van der Waals surface area (Å²) in [6, 6.07) is 6.48. The summed E-state index contributed by atoms with van der Waals surface area (Å²) in [4.78, 5) is 0. The largest absolute Gasteiger partial charge is 0.383 e. The molecule has 0 aliphatic rings. The smallest absolute Gasteiger partial charge is 0.0400 e. The van der Waals surface area contributed by atoms with Gasteiger partial charge in [0.2, 0.25) is 0 Å². The molecule has 0 aliphatic heterocycles. The van der Waals surface area contributed by atoms with Gasteiger partial charge in [-0.25, -0.2) is 0 Å². The topological polar surface area (TPSA) is 38.0 Å². The number of nitrogens with one attached hydrogen (secondary N) is 1. The van der Waals surface area contributed by atoms with Crippen molar-refractivity contribution >= 4 is 5.69 Å². The average Bonchev–Trinajstić information content (AvgIpc) is 2.03. The van der Waals surface area contributed by atoms with Crippen molar-refractivity contribution in [3.63, 3.8) is 0 Å². The Morgan fingerprint density at radius 1 is 1.31 bits per heavy atom. The van der Waals surface area contributed by atoms with Crippen molar-refractivity contribution in [2.24, 2.45) is 5.73 Å². The van der Waals surface area contributed by atoms with Crippen LogP contribution in [-0.4, -0.2) is 12.6 Å². The van der Waals surface area contributed by atoms with Gasteiger partial charge in [0.25, 0.3) is 0 Å². The van der Waals surface area contributed by atoms with Crippen LogP contribution < -0.4 is 11.1 Å². The van der Waals surface area contributed by atoms with Gasteiger partial charge >= 0.3 is 0 Å². The van der Waals surface area contributed by atoms with Gasteiger partial charge in [-0.3, -0.25) is 0 Å². The quantitative estimate of drug-likeness (QED) is 0.743. The van der Waals surface area contributed by atoms with Crippen LogP contribution in [0.5, 0.6) is 0 Å². The highest BCUT2D eigenvalue weighted by Crippen LogP contribution is 2.18. The maximum absolute atomic E-state index is 5.68. The second-order valence-electron chi connectivity index (χ2n) is 3.62. The second kappa shape index (κ2) is 4.28. The number of rotatable bonds is 3. The van der Waals surface area contributed by atoms with Gasteiger partial charge in [0.15, 0.2) is 0 Å². The van der Waals surface area contributed by atoms with E-state index in [1.165, 1.54) is 16.8 Å². The first-order chi connectivity index (χ1) is 6.11. The summed E-state index contributed by atoms with van der Waals surface area (Å²) in [5, 5.41) is 3.36. The molecule has 0 aromatic heterocycles. The lowest BCUT2D eigenvalue weighted by molar-refractivity contribution is 0.779. The predicted molar refractivity (Wildman–Crippen MR) is 58.1 cm³/mol. The van der Waals surface area contributed by atoms with Crippen LogP contribution in [-0.2, 0) is 0 Å². The van der Waals surface area contributed by atoms with Crippen LogP contribution in [0, 0.1) is 13.8 Å². The van der Waals surface area contributed by atoms with E-state index < -0.39 is 0 Å². The first-order valence-electron chi connectivity index (χ1n) is 4.67. The van der Waals surface area contributed by atoms with E-state index in [0.29, 0.717) is 0 Å². The lowest BCUT2D eigenvalue weighted by atomic mass is 10.1. The van der Waals surface area contributed by atoms with Crippen molar-refractivity contribution in [1.82, 2.24) is 0 Å². The van der Waals surface area contributed by atoms with Crippen molar-refractivity contribution in [2.75, 3.05) is 11.9 Å². The molecule has 0 saturated carbocycles. The van der Waals surface area contributed by atoms with E-state index in [-0.39, 0.29) is 6.04 Å². The van der Waals surface area contributed by atoms with Crippen LogP contribution in [0.25, 0.3) is 0 Å². The molecule has 2 nitrogen and oxygen atoms in total. The van der Waals surface area contributed by atoms with Gasteiger partial charge in [0.1, 0.15) is 0 Å². The third-order valence-electron chi connectivity index (χ3n) is 2.08. The molecule has 3 N–H and O–H groups in total.